The van der Waals surface area contributed by atoms with Crippen molar-refractivity contribution in [2.75, 3.05) is 6.61 Å². The predicted molar refractivity (Wildman–Crippen MR) is 35.9 cm³/mol. The summed E-state index contributed by atoms with van der Waals surface area (Å²) in [5.74, 6) is -0.789. The standard InChI is InChI=1S/C7H13O3/c1-5(2)4-10-6(3)7(8)9/h5-6H,4H2,1-3H3. The van der Waals surface area contributed by atoms with Gasteiger partial charge in [-0.25, -0.2) is 9.90 Å². The number of hydrogen-bond donors (Lipinski definition) is 0. The molecule has 0 fully saturated rings. The third kappa shape index (κ3) is 4.32. The monoisotopic (exact) mass is 145 g/mol. The van der Waals surface area contributed by atoms with Crippen molar-refractivity contribution in [3.8, 4) is 0 Å². The molecule has 1 unspecified atom stereocenters. The maximum Gasteiger partial charge on any atom is 0.383 e. The van der Waals surface area contributed by atoms with Crippen LogP contribution in [0.4, 0.5) is 0 Å². The van der Waals surface area contributed by atoms with E-state index >= 15 is 0 Å². The summed E-state index contributed by atoms with van der Waals surface area (Å²) in [6.07, 6.45) is -0.789. The second kappa shape index (κ2) is 4.28. The van der Waals surface area contributed by atoms with E-state index in [0.717, 1.165) is 0 Å². The van der Waals surface area contributed by atoms with Crippen LogP contribution in [0.3, 0.4) is 0 Å². The number of carbonyl (C=O) groups is 1. The Morgan fingerprint density at radius 1 is 1.40 bits per heavy atom. The van der Waals surface area contributed by atoms with Crippen molar-refractivity contribution in [2.45, 2.75) is 26.9 Å². The molecule has 10 heavy (non-hydrogen) atoms. The van der Waals surface area contributed by atoms with E-state index in [2.05, 4.69) is 0 Å². The molecule has 3 nitrogen and oxygen atoms in total. The molecule has 1 atom stereocenters. The number of carbonyl (C=O) groups excluding carboxylic acids is 1. The van der Waals surface area contributed by atoms with Gasteiger partial charge in [0.05, 0.1) is 6.61 Å². The van der Waals surface area contributed by atoms with Crippen LogP contribution in [0.1, 0.15) is 20.8 Å². The van der Waals surface area contributed by atoms with E-state index in [1.807, 2.05) is 13.8 Å². The van der Waals surface area contributed by atoms with Crippen molar-refractivity contribution >= 4 is 5.97 Å². The van der Waals surface area contributed by atoms with Gasteiger partial charge in [-0.2, -0.15) is 0 Å². The van der Waals surface area contributed by atoms with Gasteiger partial charge >= 0.3 is 5.97 Å². The molecule has 59 valence electrons. The van der Waals surface area contributed by atoms with E-state index in [-0.39, 0.29) is 0 Å². The fraction of sp³-hybridized carbons (Fsp3) is 0.857. The van der Waals surface area contributed by atoms with Gasteiger partial charge < -0.3 is 4.74 Å². The van der Waals surface area contributed by atoms with Crippen LogP contribution in [0.2, 0.25) is 0 Å². The van der Waals surface area contributed by atoms with Gasteiger partial charge in [0, 0.05) is 0 Å². The summed E-state index contributed by atoms with van der Waals surface area (Å²) in [6, 6.07) is 0. The SMILES string of the molecule is CC(C)COC(C)C([O])=O. The maximum atomic E-state index is 10.1. The zero-order valence-corrected chi connectivity index (χ0v) is 6.59. The summed E-state index contributed by atoms with van der Waals surface area (Å²) in [5, 5.41) is 10.1. The number of ether oxygens (including phenoxy) is 1. The molecule has 0 amide bonds. The highest BCUT2D eigenvalue weighted by molar-refractivity contribution is 5.71. The van der Waals surface area contributed by atoms with Crippen molar-refractivity contribution in [1.29, 1.82) is 0 Å². The molecular weight excluding hydrogens is 132 g/mol. The van der Waals surface area contributed by atoms with Gasteiger partial charge in [-0.15, -0.1) is 0 Å². The second-order valence-corrected chi connectivity index (χ2v) is 2.69. The third-order valence-corrected chi connectivity index (χ3v) is 1.01. The highest BCUT2D eigenvalue weighted by atomic mass is 16.5. The minimum absolute atomic E-state index is 0.363. The Kier molecular flexibility index (Phi) is 4.03. The lowest BCUT2D eigenvalue weighted by molar-refractivity contribution is -0.156. The fourth-order valence-corrected chi connectivity index (χ4v) is 0.405. The first-order chi connectivity index (χ1) is 4.54. The van der Waals surface area contributed by atoms with Gasteiger partial charge in [-0.05, 0) is 12.8 Å². The van der Waals surface area contributed by atoms with Gasteiger partial charge in [0.1, 0.15) is 0 Å². The molecule has 0 saturated heterocycles. The average molecular weight is 145 g/mol. The van der Waals surface area contributed by atoms with Crippen molar-refractivity contribution < 1.29 is 14.6 Å². The van der Waals surface area contributed by atoms with Crippen LogP contribution in [0, 0.1) is 5.92 Å². The summed E-state index contributed by atoms with van der Waals surface area (Å²) < 4.78 is 4.90. The molecule has 0 N–H and O–H groups in total. The Morgan fingerprint density at radius 2 is 1.90 bits per heavy atom. The molecule has 0 saturated carbocycles. The molecular formula is C7H13O3. The fourth-order valence-electron chi connectivity index (χ4n) is 0.405. The van der Waals surface area contributed by atoms with E-state index in [0.29, 0.717) is 12.5 Å². The molecule has 0 heterocycles. The van der Waals surface area contributed by atoms with E-state index < -0.39 is 12.1 Å². The van der Waals surface area contributed by atoms with E-state index in [1.165, 1.54) is 6.92 Å². The lowest BCUT2D eigenvalue weighted by Crippen LogP contribution is -2.20. The lowest BCUT2D eigenvalue weighted by Gasteiger charge is -2.08. The van der Waals surface area contributed by atoms with E-state index in [9.17, 15) is 9.90 Å². The Morgan fingerprint density at radius 3 is 2.20 bits per heavy atom. The van der Waals surface area contributed by atoms with Gasteiger partial charge in [0.2, 0.25) is 0 Å². The Bertz CT molecular complexity index is 109. The molecule has 0 spiro atoms. The Labute approximate surface area is 61.0 Å². The van der Waals surface area contributed by atoms with Gasteiger partial charge in [-0.1, -0.05) is 13.8 Å². The van der Waals surface area contributed by atoms with Crippen LogP contribution >= 0.6 is 0 Å². The molecule has 0 rings (SSSR count). The molecule has 0 aromatic heterocycles. The Balaban J connectivity index is 3.40. The first kappa shape index (κ1) is 9.43. The summed E-state index contributed by atoms with van der Waals surface area (Å²) in [5.41, 5.74) is 0. The van der Waals surface area contributed by atoms with Crippen LogP contribution in [0.5, 0.6) is 0 Å². The third-order valence-electron chi connectivity index (χ3n) is 1.01. The Hall–Kier alpha value is -0.570. The van der Waals surface area contributed by atoms with E-state index in [4.69, 9.17) is 4.74 Å². The summed E-state index contributed by atoms with van der Waals surface area (Å²) in [4.78, 5) is 10.1. The summed E-state index contributed by atoms with van der Waals surface area (Å²) in [7, 11) is 0. The van der Waals surface area contributed by atoms with Crippen molar-refractivity contribution in [2.24, 2.45) is 5.92 Å². The predicted octanol–water partition coefficient (Wildman–Crippen LogP) is 1.00. The molecule has 0 aliphatic heterocycles. The number of rotatable bonds is 4. The topological polar surface area (TPSA) is 46.2 Å². The highest BCUT2D eigenvalue weighted by Gasteiger charge is 2.12. The highest BCUT2D eigenvalue weighted by Crippen LogP contribution is 1.97. The molecule has 0 bridgehead atoms. The normalized spacial score (nSPS) is 13.6. The minimum atomic E-state index is -1.15. The first-order valence-electron chi connectivity index (χ1n) is 3.36. The summed E-state index contributed by atoms with van der Waals surface area (Å²) in [6.45, 7) is 5.86. The molecule has 0 aliphatic rings. The quantitative estimate of drug-likeness (QED) is 0.592. The van der Waals surface area contributed by atoms with Crippen LogP contribution in [0.25, 0.3) is 0 Å². The van der Waals surface area contributed by atoms with Crippen molar-refractivity contribution in [3.05, 3.63) is 0 Å². The summed E-state index contributed by atoms with van der Waals surface area (Å²) >= 11 is 0. The van der Waals surface area contributed by atoms with E-state index in [1.54, 1.807) is 0 Å². The van der Waals surface area contributed by atoms with Crippen LogP contribution in [-0.4, -0.2) is 18.7 Å². The van der Waals surface area contributed by atoms with Crippen LogP contribution < -0.4 is 0 Å². The van der Waals surface area contributed by atoms with Gasteiger partial charge in [0.15, 0.2) is 6.10 Å². The van der Waals surface area contributed by atoms with Crippen LogP contribution in [-0.2, 0) is 14.6 Å². The lowest BCUT2D eigenvalue weighted by atomic mass is 10.2. The average Bonchev–Trinajstić information content (AvgIpc) is 1.82. The minimum Gasteiger partial charge on any atom is -0.366 e. The molecule has 0 aromatic rings. The largest absolute Gasteiger partial charge is 0.383 e. The number of hydrogen-bond acceptors (Lipinski definition) is 2. The molecule has 3 heteroatoms. The van der Waals surface area contributed by atoms with Gasteiger partial charge in [0.25, 0.3) is 0 Å². The van der Waals surface area contributed by atoms with Crippen molar-refractivity contribution in [1.82, 2.24) is 0 Å². The van der Waals surface area contributed by atoms with Crippen LogP contribution in [0.15, 0.2) is 0 Å². The van der Waals surface area contributed by atoms with Gasteiger partial charge in [-0.3, -0.25) is 0 Å². The molecule has 0 aromatic carbocycles. The smallest absolute Gasteiger partial charge is 0.366 e. The first-order valence-corrected chi connectivity index (χ1v) is 3.36. The van der Waals surface area contributed by atoms with Crippen molar-refractivity contribution in [3.63, 3.8) is 0 Å². The molecule has 1 radical (unpaired) electrons. The zero-order valence-electron chi connectivity index (χ0n) is 6.59. The second-order valence-electron chi connectivity index (χ2n) is 2.69. The maximum absolute atomic E-state index is 10.1. The zero-order chi connectivity index (χ0) is 8.15. The molecule has 0 aliphatic carbocycles.